The fourth-order valence-corrected chi connectivity index (χ4v) is 2.46. The molecular weight excluding hydrogens is 290 g/mol. The predicted octanol–water partition coefficient (Wildman–Crippen LogP) is 3.63. The van der Waals surface area contributed by atoms with Crippen LogP contribution in [0.15, 0.2) is 35.2 Å². The minimum Gasteiger partial charge on any atom is -0.361 e. The number of aromatic nitrogens is 4. The molecule has 0 aliphatic carbocycles. The lowest BCUT2D eigenvalue weighted by Gasteiger charge is -2.13. The molecule has 0 aromatic carbocycles. The van der Waals surface area contributed by atoms with Gasteiger partial charge in [-0.05, 0) is 45.4 Å². The van der Waals surface area contributed by atoms with Crippen LogP contribution in [0.25, 0.3) is 22.4 Å². The molecule has 1 N–H and O–H groups in total. The lowest BCUT2D eigenvalue weighted by Crippen LogP contribution is -2.13. The van der Waals surface area contributed by atoms with Crippen LogP contribution < -0.4 is 5.32 Å². The summed E-state index contributed by atoms with van der Waals surface area (Å²) in [5, 5.41) is 7.29. The number of hydrogen-bond acceptors (Lipinski definition) is 6. The molecular formula is C17H19N5O. The molecule has 0 spiro atoms. The molecule has 0 radical (unpaired) electrons. The maximum atomic E-state index is 5.32. The van der Waals surface area contributed by atoms with E-state index in [1.54, 1.807) is 12.4 Å². The van der Waals surface area contributed by atoms with Crippen molar-refractivity contribution in [1.29, 1.82) is 0 Å². The second kappa shape index (κ2) is 6.16. The number of nitrogens with one attached hydrogen (secondary N) is 1. The van der Waals surface area contributed by atoms with Gasteiger partial charge in [-0.2, -0.15) is 0 Å². The van der Waals surface area contributed by atoms with Gasteiger partial charge < -0.3 is 9.84 Å². The minimum atomic E-state index is 0.249. The molecule has 6 nitrogen and oxygen atoms in total. The van der Waals surface area contributed by atoms with Crippen molar-refractivity contribution in [3.8, 4) is 22.4 Å². The number of anilines is 1. The van der Waals surface area contributed by atoms with Gasteiger partial charge >= 0.3 is 0 Å². The van der Waals surface area contributed by atoms with Crippen molar-refractivity contribution in [3.63, 3.8) is 0 Å². The van der Waals surface area contributed by atoms with Crippen LogP contribution in [0.2, 0.25) is 0 Å². The highest BCUT2D eigenvalue weighted by Gasteiger charge is 2.19. The first-order valence-corrected chi connectivity index (χ1v) is 7.53. The van der Waals surface area contributed by atoms with E-state index in [1.165, 1.54) is 0 Å². The zero-order valence-electron chi connectivity index (χ0n) is 13.7. The van der Waals surface area contributed by atoms with Crippen LogP contribution in [0.3, 0.4) is 0 Å². The van der Waals surface area contributed by atoms with Gasteiger partial charge in [0.1, 0.15) is 5.76 Å². The van der Waals surface area contributed by atoms with Crippen molar-refractivity contribution in [2.24, 2.45) is 0 Å². The molecule has 0 saturated heterocycles. The van der Waals surface area contributed by atoms with E-state index in [-0.39, 0.29) is 6.04 Å². The Morgan fingerprint density at radius 2 is 1.87 bits per heavy atom. The van der Waals surface area contributed by atoms with Gasteiger partial charge in [-0.15, -0.1) is 0 Å². The molecule has 0 bridgehead atoms. The lowest BCUT2D eigenvalue weighted by atomic mass is 10.0. The van der Waals surface area contributed by atoms with Crippen LogP contribution in [0.5, 0.6) is 0 Å². The summed E-state index contributed by atoms with van der Waals surface area (Å²) in [6.45, 7) is 7.91. The van der Waals surface area contributed by atoms with Crippen LogP contribution in [-0.4, -0.2) is 26.2 Å². The summed E-state index contributed by atoms with van der Waals surface area (Å²) in [5.74, 6) is 1.33. The number of rotatable bonds is 4. The van der Waals surface area contributed by atoms with E-state index in [9.17, 15) is 0 Å². The van der Waals surface area contributed by atoms with Crippen molar-refractivity contribution in [2.45, 2.75) is 33.7 Å². The Hall–Kier alpha value is -2.76. The Balaban J connectivity index is 2.20. The molecule has 0 saturated carbocycles. The maximum Gasteiger partial charge on any atom is 0.223 e. The quantitative estimate of drug-likeness (QED) is 0.793. The van der Waals surface area contributed by atoms with E-state index >= 15 is 0 Å². The first kappa shape index (κ1) is 15.1. The summed E-state index contributed by atoms with van der Waals surface area (Å²) >= 11 is 0. The summed E-state index contributed by atoms with van der Waals surface area (Å²) < 4.78 is 5.32. The highest BCUT2D eigenvalue weighted by molar-refractivity contribution is 5.82. The average Bonchev–Trinajstić information content (AvgIpc) is 2.86. The molecule has 118 valence electrons. The summed E-state index contributed by atoms with van der Waals surface area (Å²) in [6.07, 6.45) is 5.34. The van der Waals surface area contributed by atoms with Crippen molar-refractivity contribution in [3.05, 3.63) is 42.2 Å². The van der Waals surface area contributed by atoms with E-state index in [0.29, 0.717) is 5.95 Å². The zero-order chi connectivity index (χ0) is 16.4. The third kappa shape index (κ3) is 3.06. The molecule has 0 aliphatic rings. The minimum absolute atomic E-state index is 0.249. The van der Waals surface area contributed by atoms with E-state index in [0.717, 1.165) is 33.8 Å². The molecule has 23 heavy (non-hydrogen) atoms. The molecule has 3 aromatic heterocycles. The fourth-order valence-electron chi connectivity index (χ4n) is 2.46. The van der Waals surface area contributed by atoms with E-state index < -0.39 is 0 Å². The fraction of sp³-hybridized carbons (Fsp3) is 0.294. The Labute approximate surface area is 135 Å². The van der Waals surface area contributed by atoms with Gasteiger partial charge in [0.05, 0.1) is 17.0 Å². The third-order valence-electron chi connectivity index (χ3n) is 3.47. The van der Waals surface area contributed by atoms with Crippen LogP contribution in [0.4, 0.5) is 5.95 Å². The Bertz CT molecular complexity index is 792. The van der Waals surface area contributed by atoms with E-state index in [1.807, 2.05) is 32.2 Å². The van der Waals surface area contributed by atoms with Gasteiger partial charge in [-0.3, -0.25) is 4.98 Å². The van der Waals surface area contributed by atoms with Gasteiger partial charge in [0.25, 0.3) is 0 Å². The lowest BCUT2D eigenvalue weighted by molar-refractivity contribution is 0.393. The monoisotopic (exact) mass is 309 g/mol. The van der Waals surface area contributed by atoms with Crippen molar-refractivity contribution in [2.75, 3.05) is 5.32 Å². The molecule has 0 fully saturated rings. The van der Waals surface area contributed by atoms with Crippen molar-refractivity contribution in [1.82, 2.24) is 20.1 Å². The highest BCUT2D eigenvalue weighted by Crippen LogP contribution is 2.34. The highest BCUT2D eigenvalue weighted by atomic mass is 16.5. The zero-order valence-corrected chi connectivity index (χ0v) is 13.7. The molecule has 3 heterocycles. The van der Waals surface area contributed by atoms with Crippen LogP contribution in [0.1, 0.15) is 25.3 Å². The van der Waals surface area contributed by atoms with Crippen molar-refractivity contribution < 1.29 is 4.52 Å². The van der Waals surface area contributed by atoms with Gasteiger partial charge in [-0.1, -0.05) is 5.16 Å². The topological polar surface area (TPSA) is 76.7 Å². The van der Waals surface area contributed by atoms with Gasteiger partial charge in [0.2, 0.25) is 5.95 Å². The summed E-state index contributed by atoms with van der Waals surface area (Å²) in [5.41, 5.74) is 4.46. The smallest absolute Gasteiger partial charge is 0.223 e. The Morgan fingerprint density at radius 1 is 1.13 bits per heavy atom. The first-order chi connectivity index (χ1) is 11.1. The third-order valence-corrected chi connectivity index (χ3v) is 3.47. The maximum absolute atomic E-state index is 5.32. The van der Waals surface area contributed by atoms with Crippen LogP contribution >= 0.6 is 0 Å². The van der Waals surface area contributed by atoms with Crippen LogP contribution in [-0.2, 0) is 0 Å². The molecule has 0 atom stereocenters. The second-order valence-corrected chi connectivity index (χ2v) is 5.69. The number of aryl methyl sites for hydroxylation is 2. The number of hydrogen-bond donors (Lipinski definition) is 1. The average molecular weight is 309 g/mol. The molecule has 6 heteroatoms. The summed E-state index contributed by atoms with van der Waals surface area (Å²) in [6, 6.07) is 4.13. The van der Waals surface area contributed by atoms with Crippen LogP contribution in [0, 0.1) is 13.8 Å². The standard InChI is InChI=1S/C17H19N5O/c1-10(2)20-17-19-9-14(13-5-7-18-8-6-13)16(21-17)15-11(3)22-23-12(15)4/h5-10H,1-4H3,(H,19,20,21). The summed E-state index contributed by atoms with van der Waals surface area (Å²) in [4.78, 5) is 13.2. The number of pyridine rings is 1. The molecule has 0 aliphatic heterocycles. The van der Waals surface area contributed by atoms with Gasteiger partial charge in [0.15, 0.2) is 0 Å². The molecule has 0 unspecified atom stereocenters. The van der Waals surface area contributed by atoms with Gasteiger partial charge in [0, 0.05) is 30.2 Å². The summed E-state index contributed by atoms with van der Waals surface area (Å²) in [7, 11) is 0. The largest absolute Gasteiger partial charge is 0.361 e. The Morgan fingerprint density at radius 3 is 2.48 bits per heavy atom. The Kier molecular flexibility index (Phi) is 4.06. The van der Waals surface area contributed by atoms with Gasteiger partial charge in [-0.25, -0.2) is 9.97 Å². The number of nitrogens with zero attached hydrogens (tertiary/aromatic N) is 4. The predicted molar refractivity (Wildman–Crippen MR) is 89.0 cm³/mol. The van der Waals surface area contributed by atoms with E-state index in [2.05, 4.69) is 34.3 Å². The second-order valence-electron chi connectivity index (χ2n) is 5.69. The normalized spacial score (nSPS) is 11.0. The van der Waals surface area contributed by atoms with Crippen molar-refractivity contribution >= 4 is 5.95 Å². The molecule has 0 amide bonds. The molecule has 3 aromatic rings. The van der Waals surface area contributed by atoms with E-state index in [4.69, 9.17) is 9.51 Å². The SMILES string of the molecule is Cc1noc(C)c1-c1nc(NC(C)C)ncc1-c1ccncc1. The molecule has 3 rings (SSSR count). The first-order valence-electron chi connectivity index (χ1n) is 7.53.